The Morgan fingerprint density at radius 3 is 2.53 bits per heavy atom. The lowest BCUT2D eigenvalue weighted by Crippen LogP contribution is -2.47. The van der Waals surface area contributed by atoms with Gasteiger partial charge in [-0.05, 0) is 31.0 Å². The van der Waals surface area contributed by atoms with Gasteiger partial charge >= 0.3 is 5.97 Å². The van der Waals surface area contributed by atoms with Crippen LogP contribution in [0.2, 0.25) is 10.0 Å². The van der Waals surface area contributed by atoms with E-state index in [2.05, 4.69) is 25.5 Å². The first kappa shape index (κ1) is 38.1. The van der Waals surface area contributed by atoms with Crippen LogP contribution in [-0.2, 0) is 36.1 Å². The Balaban J connectivity index is 1.16. The molecule has 2 aliphatic heterocycles. The molecule has 5 heterocycles. The van der Waals surface area contributed by atoms with Crippen molar-refractivity contribution in [2.75, 3.05) is 38.6 Å². The number of imidazole rings is 1. The molecule has 1 atom stereocenters. The average Bonchev–Trinajstić information content (AvgIpc) is 3.48. The molecule has 2 aliphatic rings. The third kappa shape index (κ3) is 8.47. The number of nitrogens with zero attached hydrogens (tertiary/aromatic N) is 6. The molecule has 0 saturated carbocycles. The second-order valence-corrected chi connectivity index (χ2v) is 14.0. The molecule has 0 unspecified atom stereocenters. The summed E-state index contributed by atoms with van der Waals surface area (Å²) in [7, 11) is 3.35. The molecule has 4 aromatic rings. The highest BCUT2D eigenvalue weighted by molar-refractivity contribution is 6.39. The normalized spacial score (nSPS) is 15.5. The van der Waals surface area contributed by atoms with Crippen molar-refractivity contribution in [2.24, 2.45) is 7.05 Å². The predicted octanol–water partition coefficient (Wildman–Crippen LogP) is 4.41. The second-order valence-electron chi connectivity index (χ2n) is 13.2. The fourth-order valence-electron chi connectivity index (χ4n) is 7.01. The van der Waals surface area contributed by atoms with Crippen molar-refractivity contribution in [3.8, 4) is 28.4 Å². The number of carboxylic acid groups (broad SMARTS) is 1. The summed E-state index contributed by atoms with van der Waals surface area (Å²) in [6.07, 6.45) is 2.83. The van der Waals surface area contributed by atoms with E-state index in [1.165, 1.54) is 7.11 Å². The quantitative estimate of drug-likeness (QED) is 0.161. The Hall–Kier alpha value is -4.60. The Bertz CT molecular complexity index is 2020. The molecule has 4 N–H and O–H groups in total. The SMILES string of the molecule is COc1nc(-c2ccnc(-c3cccc(NC(=O)c4nc5c(n4C)CCN(C4CCN(C(C)=O)CC4)C5)c3Cl)c2Cl)ccc1CNC[C@H](O)CC(=O)O. The molecule has 3 aromatic heterocycles. The van der Waals surface area contributed by atoms with Crippen molar-refractivity contribution < 1.29 is 29.3 Å². The number of likely N-dealkylation sites (tertiary alicyclic amines) is 1. The van der Waals surface area contributed by atoms with Gasteiger partial charge in [0.15, 0.2) is 5.82 Å². The van der Waals surface area contributed by atoms with Crippen LogP contribution in [0.1, 0.15) is 53.8 Å². The maximum Gasteiger partial charge on any atom is 0.306 e. The Morgan fingerprint density at radius 1 is 1.04 bits per heavy atom. The van der Waals surface area contributed by atoms with Gasteiger partial charge in [-0.15, -0.1) is 0 Å². The number of hydrogen-bond acceptors (Lipinski definition) is 10. The topological polar surface area (TPSA) is 175 Å². The summed E-state index contributed by atoms with van der Waals surface area (Å²) in [5.74, 6) is -0.732. The van der Waals surface area contributed by atoms with Crippen LogP contribution < -0.4 is 15.4 Å². The summed E-state index contributed by atoms with van der Waals surface area (Å²) in [4.78, 5) is 54.5. The van der Waals surface area contributed by atoms with E-state index in [0.29, 0.717) is 63.8 Å². The van der Waals surface area contributed by atoms with Gasteiger partial charge in [-0.2, -0.15) is 0 Å². The van der Waals surface area contributed by atoms with Crippen LogP contribution in [0.5, 0.6) is 5.88 Å². The van der Waals surface area contributed by atoms with Crippen molar-refractivity contribution in [1.29, 1.82) is 0 Å². The monoisotopic (exact) mass is 764 g/mol. The van der Waals surface area contributed by atoms with E-state index in [1.54, 1.807) is 43.5 Å². The van der Waals surface area contributed by atoms with Crippen molar-refractivity contribution in [3.63, 3.8) is 0 Å². The summed E-state index contributed by atoms with van der Waals surface area (Å²) >= 11 is 13.9. The maximum absolute atomic E-state index is 13.7. The third-order valence-electron chi connectivity index (χ3n) is 9.82. The largest absolute Gasteiger partial charge is 0.481 e. The van der Waals surface area contributed by atoms with E-state index < -0.39 is 18.0 Å². The van der Waals surface area contributed by atoms with Gasteiger partial charge < -0.3 is 35.1 Å². The number of amides is 2. The number of pyridine rings is 2. The van der Waals surface area contributed by atoms with E-state index in [0.717, 1.165) is 50.3 Å². The molecule has 280 valence electrons. The van der Waals surface area contributed by atoms with Crippen LogP contribution in [0.15, 0.2) is 42.6 Å². The van der Waals surface area contributed by atoms with Crippen LogP contribution in [-0.4, -0.2) is 103 Å². The van der Waals surface area contributed by atoms with Gasteiger partial charge in [-0.3, -0.25) is 24.3 Å². The molecule has 1 saturated heterocycles. The molecule has 6 rings (SSSR count). The second kappa shape index (κ2) is 16.6. The minimum Gasteiger partial charge on any atom is -0.481 e. The number of aromatic nitrogens is 4. The molecule has 0 radical (unpaired) electrons. The van der Waals surface area contributed by atoms with Crippen molar-refractivity contribution in [2.45, 2.75) is 57.8 Å². The molecule has 0 bridgehead atoms. The first-order valence-corrected chi connectivity index (χ1v) is 18.1. The number of ether oxygens (including phenoxy) is 1. The lowest BCUT2D eigenvalue weighted by molar-refractivity contribution is -0.139. The molecule has 1 fully saturated rings. The van der Waals surface area contributed by atoms with Crippen LogP contribution in [0.3, 0.4) is 0 Å². The van der Waals surface area contributed by atoms with E-state index in [-0.39, 0.29) is 29.7 Å². The highest BCUT2D eigenvalue weighted by Crippen LogP contribution is 2.40. The standard InChI is InChI=1S/C37H42Cl2N8O6/c1-21(48)46-14-10-23(11-15-46)47-16-12-30-29(20-47)42-35(45(30)2)36(52)43-28-6-4-5-26(32(28)38)34-33(39)25(9-13-41-34)27-8-7-22(37(44-27)53-3)18-40-19-24(49)17-31(50)51/h4-9,13,23-24,40,49H,10-12,14-20H2,1-3H3,(H,43,52)(H,50,51)/t24-/m1/s1. The smallest absolute Gasteiger partial charge is 0.306 e. The van der Waals surface area contributed by atoms with Crippen molar-refractivity contribution in [3.05, 3.63) is 75.4 Å². The number of benzene rings is 1. The molecule has 53 heavy (non-hydrogen) atoms. The maximum atomic E-state index is 13.7. The Labute approximate surface area is 317 Å². The van der Waals surface area contributed by atoms with E-state index >= 15 is 0 Å². The van der Waals surface area contributed by atoms with Gasteiger partial charge in [0.05, 0.1) is 52.4 Å². The summed E-state index contributed by atoms with van der Waals surface area (Å²) < 4.78 is 7.38. The lowest BCUT2D eigenvalue weighted by Gasteiger charge is -2.39. The van der Waals surface area contributed by atoms with Gasteiger partial charge in [0.25, 0.3) is 5.91 Å². The summed E-state index contributed by atoms with van der Waals surface area (Å²) in [5, 5.41) is 25.2. The van der Waals surface area contributed by atoms with E-state index in [4.69, 9.17) is 38.0 Å². The van der Waals surface area contributed by atoms with Crippen LogP contribution in [0, 0.1) is 0 Å². The van der Waals surface area contributed by atoms with Gasteiger partial charge in [-0.25, -0.2) is 9.97 Å². The number of carboxylic acids is 1. The molecule has 16 heteroatoms. The number of aliphatic hydroxyl groups is 1. The molecule has 0 aliphatic carbocycles. The number of anilines is 1. The number of fused-ring (bicyclic) bond motifs is 1. The number of carbonyl (C=O) groups excluding carboxylic acids is 2. The lowest BCUT2D eigenvalue weighted by atomic mass is 10.00. The molecule has 2 amide bonds. The number of nitrogens with one attached hydrogen (secondary N) is 2. The highest BCUT2D eigenvalue weighted by atomic mass is 35.5. The zero-order chi connectivity index (χ0) is 37.8. The van der Waals surface area contributed by atoms with Crippen molar-refractivity contribution >= 4 is 46.7 Å². The minimum absolute atomic E-state index is 0.0871. The minimum atomic E-state index is -1.08. The van der Waals surface area contributed by atoms with Gasteiger partial charge in [-0.1, -0.05) is 41.4 Å². The summed E-state index contributed by atoms with van der Waals surface area (Å²) in [5.41, 5.74) is 4.99. The van der Waals surface area contributed by atoms with Crippen LogP contribution in [0.25, 0.3) is 22.5 Å². The van der Waals surface area contributed by atoms with Gasteiger partial charge in [0, 0.05) is 94.3 Å². The average molecular weight is 766 g/mol. The highest BCUT2D eigenvalue weighted by Gasteiger charge is 2.31. The molecule has 1 aromatic carbocycles. The number of piperidine rings is 1. The Morgan fingerprint density at radius 2 is 1.81 bits per heavy atom. The molecular formula is C37H42Cl2N8O6. The van der Waals surface area contributed by atoms with Crippen molar-refractivity contribution in [1.82, 2.24) is 34.6 Å². The van der Waals surface area contributed by atoms with Crippen LogP contribution in [0.4, 0.5) is 5.69 Å². The number of aliphatic carboxylic acids is 1. The predicted molar refractivity (Wildman–Crippen MR) is 200 cm³/mol. The van der Waals surface area contributed by atoms with Gasteiger partial charge in [0.2, 0.25) is 11.8 Å². The number of hydrogen-bond donors (Lipinski definition) is 4. The van der Waals surface area contributed by atoms with Crippen LogP contribution >= 0.6 is 23.2 Å². The number of aliphatic hydroxyl groups excluding tert-OH is 1. The number of methoxy groups -OCH3 is 1. The first-order valence-electron chi connectivity index (χ1n) is 17.4. The Kier molecular flexibility index (Phi) is 11.9. The fraction of sp³-hybridized carbons (Fsp3) is 0.405. The number of halogens is 2. The molecular weight excluding hydrogens is 723 g/mol. The molecule has 14 nitrogen and oxygen atoms in total. The summed E-state index contributed by atoms with van der Waals surface area (Å²) in [6.45, 7) is 5.02. The number of carbonyl (C=O) groups is 3. The fourth-order valence-corrected chi connectivity index (χ4v) is 7.58. The zero-order valence-corrected chi connectivity index (χ0v) is 31.2. The van der Waals surface area contributed by atoms with E-state index in [9.17, 15) is 19.5 Å². The molecule has 0 spiro atoms. The third-order valence-corrected chi connectivity index (χ3v) is 10.6. The number of rotatable bonds is 12. The van der Waals surface area contributed by atoms with Gasteiger partial charge in [0.1, 0.15) is 0 Å². The zero-order valence-electron chi connectivity index (χ0n) is 29.7. The summed E-state index contributed by atoms with van der Waals surface area (Å²) in [6, 6.07) is 10.9. The van der Waals surface area contributed by atoms with E-state index in [1.807, 2.05) is 22.6 Å². The first-order chi connectivity index (χ1) is 25.4.